The SMILES string of the molecule is CCCCN(C(=O)COc1ccc([N+](=O)[O-])cc1)C(C)CC. The second kappa shape index (κ2) is 9.02. The summed E-state index contributed by atoms with van der Waals surface area (Å²) < 4.78 is 5.44. The molecular weight excluding hydrogens is 284 g/mol. The van der Waals surface area contributed by atoms with Gasteiger partial charge in [0.05, 0.1) is 4.92 Å². The van der Waals surface area contributed by atoms with E-state index in [2.05, 4.69) is 6.92 Å². The second-order valence-electron chi connectivity index (χ2n) is 5.24. The lowest BCUT2D eigenvalue weighted by molar-refractivity contribution is -0.384. The minimum Gasteiger partial charge on any atom is -0.484 e. The van der Waals surface area contributed by atoms with Crippen LogP contribution in [-0.2, 0) is 4.79 Å². The number of nitro benzene ring substituents is 1. The number of non-ortho nitro benzene ring substituents is 1. The normalized spacial score (nSPS) is 11.8. The molecule has 0 saturated heterocycles. The standard InChI is InChI=1S/C16H24N2O4/c1-4-6-11-17(13(3)5-2)16(19)12-22-15-9-7-14(8-10-15)18(20)21/h7-10,13H,4-6,11-12H2,1-3H3. The van der Waals surface area contributed by atoms with Gasteiger partial charge in [0, 0.05) is 24.7 Å². The number of rotatable bonds is 9. The summed E-state index contributed by atoms with van der Waals surface area (Å²) in [7, 11) is 0. The van der Waals surface area contributed by atoms with Gasteiger partial charge in [-0.05, 0) is 31.9 Å². The third-order valence-corrected chi connectivity index (χ3v) is 3.61. The number of carbonyl (C=O) groups excluding carboxylic acids is 1. The molecule has 0 aromatic heterocycles. The van der Waals surface area contributed by atoms with Crippen LogP contribution in [0.15, 0.2) is 24.3 Å². The van der Waals surface area contributed by atoms with Crippen LogP contribution in [0.4, 0.5) is 5.69 Å². The van der Waals surface area contributed by atoms with Gasteiger partial charge in [-0.3, -0.25) is 14.9 Å². The highest BCUT2D eigenvalue weighted by atomic mass is 16.6. The highest BCUT2D eigenvalue weighted by molar-refractivity contribution is 5.78. The Morgan fingerprint density at radius 2 is 1.95 bits per heavy atom. The number of benzene rings is 1. The summed E-state index contributed by atoms with van der Waals surface area (Å²) in [6, 6.07) is 5.92. The summed E-state index contributed by atoms with van der Waals surface area (Å²) in [5.74, 6) is 0.402. The number of amides is 1. The minimum absolute atomic E-state index is 0.00264. The molecule has 22 heavy (non-hydrogen) atoms. The monoisotopic (exact) mass is 308 g/mol. The predicted octanol–water partition coefficient (Wildman–Crippen LogP) is 3.40. The molecule has 1 aromatic rings. The van der Waals surface area contributed by atoms with E-state index in [0.29, 0.717) is 5.75 Å². The van der Waals surface area contributed by atoms with E-state index in [0.717, 1.165) is 25.8 Å². The van der Waals surface area contributed by atoms with Crippen molar-refractivity contribution >= 4 is 11.6 Å². The minimum atomic E-state index is -0.468. The van der Waals surface area contributed by atoms with Crippen molar-refractivity contribution in [2.24, 2.45) is 0 Å². The van der Waals surface area contributed by atoms with Crippen LogP contribution in [0.1, 0.15) is 40.0 Å². The molecular formula is C16H24N2O4. The Balaban J connectivity index is 2.59. The smallest absolute Gasteiger partial charge is 0.269 e. The summed E-state index contributed by atoms with van der Waals surface area (Å²) in [4.78, 5) is 24.2. The lowest BCUT2D eigenvalue weighted by Crippen LogP contribution is -2.41. The average molecular weight is 308 g/mol. The van der Waals surface area contributed by atoms with Crippen molar-refractivity contribution < 1.29 is 14.5 Å². The molecule has 6 nitrogen and oxygen atoms in total. The Hall–Kier alpha value is -2.11. The van der Waals surface area contributed by atoms with Crippen LogP contribution in [0.5, 0.6) is 5.75 Å². The molecule has 6 heteroatoms. The molecule has 122 valence electrons. The Kier molecular flexibility index (Phi) is 7.36. The van der Waals surface area contributed by atoms with Crippen LogP contribution in [0, 0.1) is 10.1 Å². The molecule has 0 fully saturated rings. The van der Waals surface area contributed by atoms with Crippen molar-refractivity contribution in [1.82, 2.24) is 4.90 Å². The zero-order valence-electron chi connectivity index (χ0n) is 13.4. The van der Waals surface area contributed by atoms with Gasteiger partial charge in [-0.1, -0.05) is 20.3 Å². The van der Waals surface area contributed by atoms with E-state index >= 15 is 0 Å². The molecule has 0 radical (unpaired) electrons. The van der Waals surface area contributed by atoms with Gasteiger partial charge in [-0.25, -0.2) is 0 Å². The maximum Gasteiger partial charge on any atom is 0.269 e. The first-order valence-corrected chi connectivity index (χ1v) is 7.66. The summed E-state index contributed by atoms with van der Waals surface area (Å²) in [6.45, 7) is 6.85. The summed E-state index contributed by atoms with van der Waals surface area (Å²) in [5.41, 5.74) is 0.00264. The predicted molar refractivity (Wildman–Crippen MR) is 85.0 cm³/mol. The Bertz CT molecular complexity index is 487. The Labute approximate surface area is 131 Å². The number of unbranched alkanes of at least 4 members (excludes halogenated alkanes) is 1. The number of hydrogen-bond acceptors (Lipinski definition) is 4. The topological polar surface area (TPSA) is 72.7 Å². The third-order valence-electron chi connectivity index (χ3n) is 3.61. The van der Waals surface area contributed by atoms with Gasteiger partial charge in [0.15, 0.2) is 6.61 Å². The van der Waals surface area contributed by atoms with Crippen LogP contribution in [-0.4, -0.2) is 34.9 Å². The van der Waals surface area contributed by atoms with Crippen LogP contribution in [0.3, 0.4) is 0 Å². The number of hydrogen-bond donors (Lipinski definition) is 0. The van der Waals surface area contributed by atoms with Crippen LogP contribution in [0.2, 0.25) is 0 Å². The van der Waals surface area contributed by atoms with Gasteiger partial charge in [0.1, 0.15) is 5.75 Å². The van der Waals surface area contributed by atoms with E-state index in [9.17, 15) is 14.9 Å². The van der Waals surface area contributed by atoms with E-state index in [1.807, 2.05) is 18.7 Å². The maximum atomic E-state index is 12.3. The molecule has 0 N–H and O–H groups in total. The summed E-state index contributed by atoms with van der Waals surface area (Å²) in [5, 5.41) is 10.6. The van der Waals surface area contributed by atoms with Crippen molar-refractivity contribution in [1.29, 1.82) is 0 Å². The van der Waals surface area contributed by atoms with E-state index in [1.54, 1.807) is 0 Å². The summed E-state index contributed by atoms with van der Waals surface area (Å²) in [6.07, 6.45) is 2.89. The summed E-state index contributed by atoms with van der Waals surface area (Å²) >= 11 is 0. The molecule has 1 aromatic carbocycles. The van der Waals surface area contributed by atoms with Crippen LogP contribution in [0.25, 0.3) is 0 Å². The molecule has 0 heterocycles. The van der Waals surface area contributed by atoms with Crippen molar-refractivity contribution in [3.63, 3.8) is 0 Å². The molecule has 1 amide bonds. The van der Waals surface area contributed by atoms with Crippen LogP contribution >= 0.6 is 0 Å². The molecule has 0 aliphatic heterocycles. The van der Waals surface area contributed by atoms with Crippen molar-refractivity contribution in [3.8, 4) is 5.75 Å². The quantitative estimate of drug-likeness (QED) is 0.517. The fraction of sp³-hybridized carbons (Fsp3) is 0.562. The number of nitrogens with zero attached hydrogens (tertiary/aromatic N) is 2. The number of nitro groups is 1. The maximum absolute atomic E-state index is 12.3. The van der Waals surface area contributed by atoms with E-state index in [-0.39, 0.29) is 24.2 Å². The van der Waals surface area contributed by atoms with Gasteiger partial charge >= 0.3 is 0 Å². The molecule has 0 aliphatic carbocycles. The highest BCUT2D eigenvalue weighted by Crippen LogP contribution is 2.17. The van der Waals surface area contributed by atoms with Crippen molar-refractivity contribution in [3.05, 3.63) is 34.4 Å². The lowest BCUT2D eigenvalue weighted by Gasteiger charge is -2.28. The fourth-order valence-corrected chi connectivity index (χ4v) is 2.03. The third kappa shape index (κ3) is 5.35. The zero-order valence-corrected chi connectivity index (χ0v) is 13.4. The van der Waals surface area contributed by atoms with E-state index < -0.39 is 4.92 Å². The Morgan fingerprint density at radius 3 is 2.45 bits per heavy atom. The lowest BCUT2D eigenvalue weighted by atomic mass is 10.2. The Morgan fingerprint density at radius 1 is 1.32 bits per heavy atom. The number of carbonyl (C=O) groups is 1. The van der Waals surface area contributed by atoms with Crippen molar-refractivity contribution in [2.75, 3.05) is 13.2 Å². The first kappa shape index (κ1) is 17.9. The molecule has 1 unspecified atom stereocenters. The first-order chi connectivity index (χ1) is 10.5. The zero-order chi connectivity index (χ0) is 16.5. The molecule has 0 bridgehead atoms. The van der Waals surface area contributed by atoms with Crippen LogP contribution < -0.4 is 4.74 Å². The van der Waals surface area contributed by atoms with Gasteiger partial charge in [-0.15, -0.1) is 0 Å². The average Bonchev–Trinajstić information content (AvgIpc) is 2.53. The van der Waals surface area contributed by atoms with Gasteiger partial charge in [0.2, 0.25) is 0 Å². The second-order valence-corrected chi connectivity index (χ2v) is 5.24. The molecule has 1 rings (SSSR count). The molecule has 0 spiro atoms. The first-order valence-electron chi connectivity index (χ1n) is 7.66. The van der Waals surface area contributed by atoms with E-state index in [1.165, 1.54) is 24.3 Å². The highest BCUT2D eigenvalue weighted by Gasteiger charge is 2.18. The van der Waals surface area contributed by atoms with Gasteiger partial charge in [0.25, 0.3) is 11.6 Å². The number of ether oxygens (including phenoxy) is 1. The van der Waals surface area contributed by atoms with Gasteiger partial charge in [-0.2, -0.15) is 0 Å². The van der Waals surface area contributed by atoms with Crippen molar-refractivity contribution in [2.45, 2.75) is 46.1 Å². The fourth-order valence-electron chi connectivity index (χ4n) is 2.03. The molecule has 0 saturated carbocycles. The molecule has 1 atom stereocenters. The largest absolute Gasteiger partial charge is 0.484 e. The molecule has 0 aliphatic rings. The van der Waals surface area contributed by atoms with Gasteiger partial charge < -0.3 is 9.64 Å². The van der Waals surface area contributed by atoms with E-state index in [4.69, 9.17) is 4.74 Å².